The lowest BCUT2D eigenvalue weighted by Gasteiger charge is -2.25. The first-order valence-electron chi connectivity index (χ1n) is 10.7. The number of benzene rings is 1. The number of aromatic hydroxyl groups is 1. The number of carboxylic acids is 1. The van der Waals surface area contributed by atoms with E-state index in [2.05, 4.69) is 16.0 Å². The molecule has 0 bridgehead atoms. The van der Waals surface area contributed by atoms with E-state index in [1.165, 1.54) is 23.9 Å². The van der Waals surface area contributed by atoms with Gasteiger partial charge >= 0.3 is 5.97 Å². The maximum absolute atomic E-state index is 13.0. The van der Waals surface area contributed by atoms with Gasteiger partial charge in [-0.15, -0.1) is 0 Å². The average molecular weight is 483 g/mol. The number of carbonyl (C=O) groups excluding carboxylic acids is 3. The van der Waals surface area contributed by atoms with Crippen LogP contribution in [0.2, 0.25) is 0 Å². The van der Waals surface area contributed by atoms with E-state index >= 15 is 0 Å². The molecule has 4 atom stereocenters. The largest absolute Gasteiger partial charge is 0.508 e. The fourth-order valence-electron chi connectivity index (χ4n) is 2.92. The Bertz CT molecular complexity index is 805. The summed E-state index contributed by atoms with van der Waals surface area (Å²) in [6.07, 6.45) is 2.96. The van der Waals surface area contributed by atoms with Crippen molar-refractivity contribution in [3.8, 4) is 5.75 Å². The van der Waals surface area contributed by atoms with Crippen LogP contribution >= 0.6 is 11.8 Å². The molecule has 0 saturated carbocycles. The maximum atomic E-state index is 13.0. The Labute approximate surface area is 198 Å². The van der Waals surface area contributed by atoms with Gasteiger partial charge in [0.05, 0.1) is 6.04 Å². The standard InChI is InChI=1S/C22H34N4O6S/c1-4-13(2)19(23)22(32)25-16(9-10-33-3)21(31)26-17(20(30)24-12-18(28)29)11-14-5-7-15(27)8-6-14/h5-8,13,16-17,19,27H,4,9-12,23H2,1-3H3,(H,24,30)(H,25,32)(H,26,31)(H,28,29). The smallest absolute Gasteiger partial charge is 0.322 e. The first kappa shape index (κ1) is 28.2. The van der Waals surface area contributed by atoms with E-state index < -0.39 is 48.4 Å². The first-order valence-corrected chi connectivity index (χ1v) is 12.1. The van der Waals surface area contributed by atoms with E-state index in [1.54, 1.807) is 12.1 Å². The molecule has 1 aromatic carbocycles. The van der Waals surface area contributed by atoms with Gasteiger partial charge in [-0.1, -0.05) is 32.4 Å². The van der Waals surface area contributed by atoms with Crippen LogP contribution in [0, 0.1) is 5.92 Å². The van der Waals surface area contributed by atoms with E-state index in [0.29, 0.717) is 24.2 Å². The summed E-state index contributed by atoms with van der Waals surface area (Å²) in [4.78, 5) is 49.0. The van der Waals surface area contributed by atoms with Gasteiger partial charge in [-0.05, 0) is 42.0 Å². The van der Waals surface area contributed by atoms with Crippen LogP contribution in [0.5, 0.6) is 5.75 Å². The van der Waals surface area contributed by atoms with Crippen LogP contribution in [0.15, 0.2) is 24.3 Å². The van der Waals surface area contributed by atoms with E-state index in [0.717, 1.165) is 0 Å². The number of phenols is 1. The molecule has 1 aromatic rings. The Balaban J connectivity index is 3.01. The van der Waals surface area contributed by atoms with Crippen molar-refractivity contribution in [3.05, 3.63) is 29.8 Å². The molecule has 0 aromatic heterocycles. The molecular formula is C22H34N4O6S. The van der Waals surface area contributed by atoms with Gasteiger partial charge in [0.25, 0.3) is 0 Å². The van der Waals surface area contributed by atoms with Crippen molar-refractivity contribution in [1.82, 2.24) is 16.0 Å². The number of hydrogen-bond acceptors (Lipinski definition) is 7. The Morgan fingerprint density at radius 2 is 1.64 bits per heavy atom. The fraction of sp³-hybridized carbons (Fsp3) is 0.545. The van der Waals surface area contributed by atoms with Gasteiger partial charge in [0.1, 0.15) is 24.4 Å². The SMILES string of the molecule is CCC(C)C(N)C(=O)NC(CCSC)C(=O)NC(Cc1ccc(O)cc1)C(=O)NCC(=O)O. The van der Waals surface area contributed by atoms with Crippen molar-refractivity contribution in [2.24, 2.45) is 11.7 Å². The second-order valence-electron chi connectivity index (χ2n) is 7.80. The van der Waals surface area contributed by atoms with Crippen LogP contribution in [0.3, 0.4) is 0 Å². The number of phenolic OH excluding ortho intramolecular Hbond substituents is 1. The van der Waals surface area contributed by atoms with Gasteiger partial charge in [0, 0.05) is 6.42 Å². The summed E-state index contributed by atoms with van der Waals surface area (Å²) in [5, 5.41) is 25.9. The van der Waals surface area contributed by atoms with Crippen LogP contribution in [-0.2, 0) is 25.6 Å². The average Bonchev–Trinajstić information content (AvgIpc) is 2.79. The Kier molecular flexibility index (Phi) is 12.3. The predicted molar refractivity (Wildman–Crippen MR) is 127 cm³/mol. The number of thioether (sulfide) groups is 1. The summed E-state index contributed by atoms with van der Waals surface area (Å²) >= 11 is 1.50. The predicted octanol–water partition coefficient (Wildman–Crippen LogP) is 0.232. The highest BCUT2D eigenvalue weighted by atomic mass is 32.2. The molecule has 0 saturated heterocycles. The van der Waals surface area contributed by atoms with Crippen LogP contribution < -0.4 is 21.7 Å². The van der Waals surface area contributed by atoms with Crippen molar-refractivity contribution in [3.63, 3.8) is 0 Å². The molecule has 184 valence electrons. The molecular weight excluding hydrogens is 448 g/mol. The molecule has 0 fully saturated rings. The van der Waals surface area contributed by atoms with Crippen LogP contribution in [-0.4, -0.2) is 70.6 Å². The third kappa shape index (κ3) is 10.1. The number of carbonyl (C=O) groups is 4. The van der Waals surface area contributed by atoms with Crippen LogP contribution in [0.4, 0.5) is 0 Å². The fourth-order valence-corrected chi connectivity index (χ4v) is 3.39. The Hall–Kier alpha value is -2.79. The molecule has 7 N–H and O–H groups in total. The van der Waals surface area contributed by atoms with Gasteiger partial charge in [0.15, 0.2) is 0 Å². The van der Waals surface area contributed by atoms with Crippen molar-refractivity contribution >= 4 is 35.5 Å². The van der Waals surface area contributed by atoms with Crippen molar-refractivity contribution in [1.29, 1.82) is 0 Å². The molecule has 0 heterocycles. The zero-order valence-corrected chi connectivity index (χ0v) is 20.0. The highest BCUT2D eigenvalue weighted by Gasteiger charge is 2.29. The third-order valence-corrected chi connectivity index (χ3v) is 5.87. The van der Waals surface area contributed by atoms with E-state index in [4.69, 9.17) is 10.8 Å². The molecule has 0 spiro atoms. The number of hydrogen-bond donors (Lipinski definition) is 6. The zero-order valence-electron chi connectivity index (χ0n) is 19.2. The molecule has 1 rings (SSSR count). The van der Waals surface area contributed by atoms with E-state index in [-0.39, 0.29) is 18.1 Å². The van der Waals surface area contributed by atoms with Gasteiger partial charge in [-0.3, -0.25) is 19.2 Å². The number of amides is 3. The monoisotopic (exact) mass is 482 g/mol. The lowest BCUT2D eigenvalue weighted by atomic mass is 9.99. The van der Waals surface area contributed by atoms with Gasteiger partial charge in [0.2, 0.25) is 17.7 Å². The summed E-state index contributed by atoms with van der Waals surface area (Å²) in [5.74, 6) is -2.35. The van der Waals surface area contributed by atoms with E-state index in [9.17, 15) is 24.3 Å². The molecule has 3 amide bonds. The van der Waals surface area contributed by atoms with Crippen molar-refractivity contribution in [2.45, 2.75) is 51.2 Å². The number of rotatable bonds is 14. The molecule has 11 heteroatoms. The van der Waals surface area contributed by atoms with Crippen molar-refractivity contribution in [2.75, 3.05) is 18.6 Å². The maximum Gasteiger partial charge on any atom is 0.322 e. The molecule has 0 aliphatic carbocycles. The normalized spacial score (nSPS) is 14.4. The summed E-state index contributed by atoms with van der Waals surface area (Å²) in [5.41, 5.74) is 6.64. The molecule has 4 unspecified atom stereocenters. The van der Waals surface area contributed by atoms with Crippen LogP contribution in [0.25, 0.3) is 0 Å². The van der Waals surface area contributed by atoms with E-state index in [1.807, 2.05) is 20.1 Å². The molecule has 0 aliphatic rings. The lowest BCUT2D eigenvalue weighted by molar-refractivity contribution is -0.138. The minimum absolute atomic E-state index is 0.0483. The van der Waals surface area contributed by atoms with Crippen LogP contribution in [0.1, 0.15) is 32.3 Å². The number of nitrogens with two attached hydrogens (primary N) is 1. The summed E-state index contributed by atoms with van der Waals surface area (Å²) < 4.78 is 0. The first-order chi connectivity index (χ1) is 15.6. The minimum Gasteiger partial charge on any atom is -0.508 e. The summed E-state index contributed by atoms with van der Waals surface area (Å²) in [7, 11) is 0. The number of carboxylic acid groups (broad SMARTS) is 1. The second-order valence-corrected chi connectivity index (χ2v) is 8.78. The molecule has 10 nitrogen and oxygen atoms in total. The Morgan fingerprint density at radius 3 is 2.18 bits per heavy atom. The minimum atomic E-state index is -1.22. The highest BCUT2D eigenvalue weighted by molar-refractivity contribution is 7.98. The van der Waals surface area contributed by atoms with Gasteiger partial charge < -0.3 is 31.9 Å². The molecule has 0 radical (unpaired) electrons. The van der Waals surface area contributed by atoms with Gasteiger partial charge in [-0.25, -0.2) is 0 Å². The summed E-state index contributed by atoms with van der Waals surface area (Å²) in [6.45, 7) is 3.16. The second kappa shape index (κ2) is 14.4. The van der Waals surface area contributed by atoms with Crippen molar-refractivity contribution < 1.29 is 29.4 Å². The third-order valence-electron chi connectivity index (χ3n) is 5.23. The molecule has 0 aliphatic heterocycles. The quantitative estimate of drug-likeness (QED) is 0.219. The zero-order chi connectivity index (χ0) is 25.0. The topological polar surface area (TPSA) is 171 Å². The highest BCUT2D eigenvalue weighted by Crippen LogP contribution is 2.12. The number of nitrogens with one attached hydrogen (secondary N) is 3. The lowest BCUT2D eigenvalue weighted by Crippen LogP contribution is -2.57. The van der Waals surface area contributed by atoms with Gasteiger partial charge in [-0.2, -0.15) is 11.8 Å². The summed E-state index contributed by atoms with van der Waals surface area (Å²) in [6, 6.07) is 3.32. The molecule has 33 heavy (non-hydrogen) atoms. The Morgan fingerprint density at radius 1 is 1.03 bits per heavy atom. The number of aliphatic carboxylic acids is 1.